The molecule has 0 amide bonds. The quantitative estimate of drug-likeness (QED) is 0.286. The molecule has 0 fully saturated rings. The molecule has 0 aromatic heterocycles. The van der Waals surface area contributed by atoms with Crippen molar-refractivity contribution in [2.24, 2.45) is 5.92 Å². The van der Waals surface area contributed by atoms with Crippen molar-refractivity contribution in [2.75, 3.05) is 46.8 Å². The summed E-state index contributed by atoms with van der Waals surface area (Å²) in [6, 6.07) is 0. The van der Waals surface area contributed by atoms with Crippen LogP contribution in [0.3, 0.4) is 0 Å². The van der Waals surface area contributed by atoms with Gasteiger partial charge in [0.2, 0.25) is 0 Å². The third-order valence-electron chi connectivity index (χ3n) is 3.28. The second kappa shape index (κ2) is 15.8. The number of carbonyl (C=O) groups excluding carboxylic acids is 1. The smallest absolute Gasteiger partial charge is 0.306 e. The Kier molecular flexibility index (Phi) is 14.7. The van der Waals surface area contributed by atoms with E-state index >= 15 is 0 Å². The summed E-state index contributed by atoms with van der Waals surface area (Å²) in [7, 11) is 1.59. The molecule has 0 rings (SSSR count). The molecular formula is C16H28O9. The van der Waals surface area contributed by atoms with Crippen LogP contribution in [-0.2, 0) is 33.3 Å². The van der Waals surface area contributed by atoms with Crippen molar-refractivity contribution < 1.29 is 43.5 Å². The highest BCUT2D eigenvalue weighted by atomic mass is 16.6. The van der Waals surface area contributed by atoms with E-state index in [1.807, 2.05) is 0 Å². The molecule has 25 heavy (non-hydrogen) atoms. The Morgan fingerprint density at radius 3 is 2.00 bits per heavy atom. The molecule has 0 aliphatic rings. The van der Waals surface area contributed by atoms with Crippen LogP contribution in [0.15, 0.2) is 0 Å². The fraction of sp³-hybridized carbons (Fsp3) is 0.812. The van der Waals surface area contributed by atoms with Crippen LogP contribution in [0.25, 0.3) is 0 Å². The topological polar surface area (TPSA) is 129 Å². The normalized spacial score (nSPS) is 11.9. The largest absolute Gasteiger partial charge is 0.481 e. The number of esters is 1. The summed E-state index contributed by atoms with van der Waals surface area (Å²) in [6.07, 6.45) is 0.529. The van der Waals surface area contributed by atoms with E-state index in [1.165, 1.54) is 0 Å². The van der Waals surface area contributed by atoms with Gasteiger partial charge in [0.1, 0.15) is 6.61 Å². The first kappa shape index (κ1) is 23.3. The van der Waals surface area contributed by atoms with Gasteiger partial charge >= 0.3 is 17.9 Å². The first-order chi connectivity index (χ1) is 12.0. The lowest BCUT2D eigenvalue weighted by Gasteiger charge is -2.10. The maximum atomic E-state index is 11.5. The molecule has 0 spiro atoms. The molecule has 0 bridgehead atoms. The highest BCUT2D eigenvalue weighted by molar-refractivity contribution is 5.72. The van der Waals surface area contributed by atoms with E-state index < -0.39 is 23.8 Å². The average molecular weight is 364 g/mol. The van der Waals surface area contributed by atoms with Crippen LogP contribution in [0, 0.1) is 5.92 Å². The lowest BCUT2D eigenvalue weighted by Crippen LogP contribution is -2.17. The van der Waals surface area contributed by atoms with Gasteiger partial charge in [-0.05, 0) is 19.3 Å². The number of hydrogen-bond donors (Lipinski definition) is 2. The highest BCUT2D eigenvalue weighted by Crippen LogP contribution is 2.15. The predicted octanol–water partition coefficient (Wildman–Crippen LogP) is 0.945. The van der Waals surface area contributed by atoms with Crippen LogP contribution >= 0.6 is 0 Å². The van der Waals surface area contributed by atoms with Gasteiger partial charge in [-0.3, -0.25) is 14.4 Å². The standard InChI is InChI=1S/C16H28O9/c1-22-7-8-23-9-10-24-11-12-25-15(19)4-2-3-13(16(20)21)5-6-14(17)18/h13H,2-12H2,1H3,(H,17,18)(H,20,21). The van der Waals surface area contributed by atoms with Gasteiger partial charge in [-0.25, -0.2) is 0 Å². The number of carboxylic acid groups (broad SMARTS) is 2. The first-order valence-electron chi connectivity index (χ1n) is 8.22. The Balaban J connectivity index is 3.59. The molecule has 0 aromatic rings. The van der Waals surface area contributed by atoms with Crippen LogP contribution in [0.1, 0.15) is 32.1 Å². The summed E-state index contributed by atoms with van der Waals surface area (Å²) in [6.45, 7) is 2.23. The molecule has 2 N–H and O–H groups in total. The van der Waals surface area contributed by atoms with E-state index in [0.29, 0.717) is 32.8 Å². The first-order valence-corrected chi connectivity index (χ1v) is 8.22. The number of carboxylic acids is 2. The van der Waals surface area contributed by atoms with Crippen LogP contribution in [-0.4, -0.2) is 74.9 Å². The van der Waals surface area contributed by atoms with Crippen molar-refractivity contribution in [1.82, 2.24) is 0 Å². The van der Waals surface area contributed by atoms with E-state index in [9.17, 15) is 14.4 Å². The summed E-state index contributed by atoms with van der Waals surface area (Å²) in [5.74, 6) is -3.27. The summed E-state index contributed by atoms with van der Waals surface area (Å²) >= 11 is 0. The van der Waals surface area contributed by atoms with Gasteiger partial charge in [-0.15, -0.1) is 0 Å². The summed E-state index contributed by atoms with van der Waals surface area (Å²) < 4.78 is 20.2. The molecule has 1 unspecified atom stereocenters. The zero-order valence-electron chi connectivity index (χ0n) is 14.6. The predicted molar refractivity (Wildman–Crippen MR) is 86.3 cm³/mol. The number of ether oxygens (including phenoxy) is 4. The van der Waals surface area contributed by atoms with Gasteiger partial charge in [-0.1, -0.05) is 0 Å². The Labute approximate surface area is 147 Å². The Morgan fingerprint density at radius 2 is 1.44 bits per heavy atom. The zero-order chi connectivity index (χ0) is 18.9. The molecule has 0 saturated carbocycles. The van der Waals surface area contributed by atoms with E-state index in [2.05, 4.69) is 0 Å². The van der Waals surface area contributed by atoms with Crippen LogP contribution in [0.2, 0.25) is 0 Å². The summed E-state index contributed by atoms with van der Waals surface area (Å²) in [4.78, 5) is 33.0. The number of rotatable bonds is 17. The number of carbonyl (C=O) groups is 3. The minimum absolute atomic E-state index is 0.0556. The molecule has 0 aromatic carbocycles. The maximum Gasteiger partial charge on any atom is 0.306 e. The van der Waals surface area contributed by atoms with E-state index in [4.69, 9.17) is 29.2 Å². The second-order valence-electron chi connectivity index (χ2n) is 5.30. The number of hydrogen-bond acceptors (Lipinski definition) is 7. The second-order valence-corrected chi connectivity index (χ2v) is 5.30. The molecule has 0 heterocycles. The van der Waals surface area contributed by atoms with Crippen molar-refractivity contribution in [3.8, 4) is 0 Å². The SMILES string of the molecule is COCCOCCOCCOC(=O)CCCC(CCC(=O)O)C(=O)O. The summed E-state index contributed by atoms with van der Waals surface area (Å²) in [5.41, 5.74) is 0. The summed E-state index contributed by atoms with van der Waals surface area (Å²) in [5, 5.41) is 17.6. The molecule has 0 saturated heterocycles. The molecule has 146 valence electrons. The minimum atomic E-state index is -1.05. The monoisotopic (exact) mass is 364 g/mol. The highest BCUT2D eigenvalue weighted by Gasteiger charge is 2.19. The van der Waals surface area contributed by atoms with Gasteiger partial charge in [0.25, 0.3) is 0 Å². The van der Waals surface area contributed by atoms with Gasteiger partial charge in [0.05, 0.1) is 39.0 Å². The molecule has 9 nitrogen and oxygen atoms in total. The maximum absolute atomic E-state index is 11.5. The molecule has 9 heteroatoms. The molecule has 0 aliphatic heterocycles. The third kappa shape index (κ3) is 15.6. The number of methoxy groups -OCH3 is 1. The van der Waals surface area contributed by atoms with Crippen LogP contribution < -0.4 is 0 Å². The van der Waals surface area contributed by atoms with Crippen molar-refractivity contribution in [1.29, 1.82) is 0 Å². The third-order valence-corrected chi connectivity index (χ3v) is 3.28. The Hall–Kier alpha value is -1.71. The lowest BCUT2D eigenvalue weighted by molar-refractivity contribution is -0.147. The molecule has 0 radical (unpaired) electrons. The fourth-order valence-electron chi connectivity index (χ4n) is 1.93. The van der Waals surface area contributed by atoms with E-state index in [-0.39, 0.29) is 38.9 Å². The van der Waals surface area contributed by atoms with Crippen molar-refractivity contribution in [3.63, 3.8) is 0 Å². The zero-order valence-corrected chi connectivity index (χ0v) is 14.6. The van der Waals surface area contributed by atoms with Crippen LogP contribution in [0.4, 0.5) is 0 Å². The van der Waals surface area contributed by atoms with Gasteiger partial charge in [0.15, 0.2) is 0 Å². The van der Waals surface area contributed by atoms with Gasteiger partial charge in [-0.2, -0.15) is 0 Å². The van der Waals surface area contributed by atoms with Gasteiger partial charge < -0.3 is 29.2 Å². The van der Waals surface area contributed by atoms with Crippen molar-refractivity contribution >= 4 is 17.9 Å². The van der Waals surface area contributed by atoms with Crippen LogP contribution in [0.5, 0.6) is 0 Å². The number of aliphatic carboxylic acids is 2. The van der Waals surface area contributed by atoms with Crippen molar-refractivity contribution in [3.05, 3.63) is 0 Å². The lowest BCUT2D eigenvalue weighted by atomic mass is 9.97. The Bertz CT molecular complexity index is 384. The minimum Gasteiger partial charge on any atom is -0.481 e. The average Bonchev–Trinajstić information content (AvgIpc) is 2.55. The fourth-order valence-corrected chi connectivity index (χ4v) is 1.93. The molecule has 1 atom stereocenters. The molecular weight excluding hydrogens is 336 g/mol. The van der Waals surface area contributed by atoms with Gasteiger partial charge in [0, 0.05) is 20.0 Å². The van der Waals surface area contributed by atoms with E-state index in [0.717, 1.165) is 0 Å². The van der Waals surface area contributed by atoms with Crippen molar-refractivity contribution in [2.45, 2.75) is 32.1 Å². The van der Waals surface area contributed by atoms with E-state index in [1.54, 1.807) is 7.11 Å². The molecule has 0 aliphatic carbocycles. The Morgan fingerprint density at radius 1 is 0.840 bits per heavy atom.